The lowest BCUT2D eigenvalue weighted by Crippen LogP contribution is -2.48. The molecule has 1 amide bonds. The Bertz CT molecular complexity index is 802. The molecule has 0 aliphatic carbocycles. The molecule has 5 heteroatoms. The monoisotopic (exact) mass is 362 g/mol. The van der Waals surface area contributed by atoms with Gasteiger partial charge in [-0.3, -0.25) is 4.79 Å². The van der Waals surface area contributed by atoms with Crippen molar-refractivity contribution in [3.05, 3.63) is 34.6 Å². The van der Waals surface area contributed by atoms with E-state index < -0.39 is 0 Å². The predicted molar refractivity (Wildman–Crippen MR) is 103 cm³/mol. The number of hydrogen-bond donors (Lipinski definition) is 1. The van der Waals surface area contributed by atoms with Crippen LogP contribution in [0.2, 0.25) is 0 Å². The third kappa shape index (κ3) is 2.96. The second kappa shape index (κ2) is 6.65. The van der Waals surface area contributed by atoms with Crippen molar-refractivity contribution in [3.8, 4) is 0 Å². The lowest BCUT2D eigenvalue weighted by molar-refractivity contribution is 0.0651. The van der Waals surface area contributed by atoms with Crippen LogP contribution in [0.4, 0.5) is 0 Å². The highest BCUT2D eigenvalue weighted by atomic mass is 35.5. The van der Waals surface area contributed by atoms with Gasteiger partial charge in [0, 0.05) is 36.1 Å². The van der Waals surface area contributed by atoms with Gasteiger partial charge < -0.3 is 14.6 Å². The molecule has 136 valence electrons. The molecule has 2 unspecified atom stereocenters. The average Bonchev–Trinajstić information content (AvgIpc) is 3.10. The van der Waals surface area contributed by atoms with Crippen LogP contribution in [0.3, 0.4) is 0 Å². The summed E-state index contributed by atoms with van der Waals surface area (Å²) in [6.45, 7) is 6.12. The van der Waals surface area contributed by atoms with Crippen molar-refractivity contribution < 1.29 is 9.21 Å². The second-order valence-electron chi connectivity index (χ2n) is 7.64. The van der Waals surface area contributed by atoms with E-state index >= 15 is 0 Å². The standard InChI is InChI=1S/C20H26N2O2.ClH/c1-11-5-6-12(2)18-17(11)13(3)19(24-18)20(23)22(4)16-9-14-7-8-15(10-16)21-14;/h5-6,14-16,21H,7-10H2,1-4H3;1H. The zero-order valence-corrected chi connectivity index (χ0v) is 16.2. The molecule has 2 aliphatic heterocycles. The van der Waals surface area contributed by atoms with E-state index in [9.17, 15) is 4.79 Å². The third-order valence-corrected chi connectivity index (χ3v) is 5.99. The number of hydrogen-bond acceptors (Lipinski definition) is 3. The minimum absolute atomic E-state index is 0. The van der Waals surface area contributed by atoms with Gasteiger partial charge in [-0.2, -0.15) is 0 Å². The molecule has 4 nitrogen and oxygen atoms in total. The van der Waals surface area contributed by atoms with E-state index in [2.05, 4.69) is 24.4 Å². The number of rotatable bonds is 2. The molecule has 0 saturated carbocycles. The topological polar surface area (TPSA) is 45.5 Å². The summed E-state index contributed by atoms with van der Waals surface area (Å²) in [7, 11) is 1.93. The van der Waals surface area contributed by atoms with E-state index in [1.807, 2.05) is 25.8 Å². The molecule has 4 rings (SSSR count). The van der Waals surface area contributed by atoms with E-state index in [1.165, 1.54) is 18.4 Å². The van der Waals surface area contributed by atoms with Gasteiger partial charge >= 0.3 is 0 Å². The summed E-state index contributed by atoms with van der Waals surface area (Å²) in [6.07, 6.45) is 4.59. The Balaban J connectivity index is 0.00000182. The zero-order valence-electron chi connectivity index (χ0n) is 15.4. The first kappa shape index (κ1) is 18.3. The number of halogens is 1. The van der Waals surface area contributed by atoms with Gasteiger partial charge in [-0.1, -0.05) is 12.1 Å². The number of furan rings is 1. The fraction of sp³-hybridized carbons (Fsp3) is 0.550. The maximum atomic E-state index is 13.1. The van der Waals surface area contributed by atoms with Crippen molar-refractivity contribution in [3.63, 3.8) is 0 Å². The molecule has 1 aromatic carbocycles. The molecular formula is C20H27ClN2O2. The Morgan fingerprint density at radius 1 is 1.12 bits per heavy atom. The van der Waals surface area contributed by atoms with Crippen molar-refractivity contribution in [1.82, 2.24) is 10.2 Å². The minimum atomic E-state index is 0. The Morgan fingerprint density at radius 2 is 1.72 bits per heavy atom. The van der Waals surface area contributed by atoms with Gasteiger partial charge in [0.25, 0.3) is 5.91 Å². The van der Waals surface area contributed by atoms with Crippen LogP contribution in [-0.2, 0) is 0 Å². The summed E-state index contributed by atoms with van der Waals surface area (Å²) in [5, 5.41) is 4.73. The van der Waals surface area contributed by atoms with Crippen LogP contribution in [0.25, 0.3) is 11.0 Å². The summed E-state index contributed by atoms with van der Waals surface area (Å²) < 4.78 is 6.05. The van der Waals surface area contributed by atoms with Crippen LogP contribution < -0.4 is 5.32 Å². The van der Waals surface area contributed by atoms with Gasteiger partial charge in [0.2, 0.25) is 0 Å². The number of amides is 1. The molecule has 3 heterocycles. The number of aryl methyl sites for hydroxylation is 3. The van der Waals surface area contributed by atoms with E-state index in [0.29, 0.717) is 23.9 Å². The summed E-state index contributed by atoms with van der Waals surface area (Å²) in [4.78, 5) is 15.0. The second-order valence-corrected chi connectivity index (χ2v) is 7.64. The molecule has 2 bridgehead atoms. The van der Waals surface area contributed by atoms with E-state index in [4.69, 9.17) is 4.42 Å². The summed E-state index contributed by atoms with van der Waals surface area (Å²) >= 11 is 0. The Labute approximate surface area is 155 Å². The summed E-state index contributed by atoms with van der Waals surface area (Å²) in [6, 6.07) is 5.62. The largest absolute Gasteiger partial charge is 0.450 e. The molecule has 2 fully saturated rings. The van der Waals surface area contributed by atoms with E-state index in [1.54, 1.807) is 0 Å². The van der Waals surface area contributed by atoms with Gasteiger partial charge in [-0.25, -0.2) is 0 Å². The normalized spacial score (nSPS) is 25.0. The lowest BCUT2D eigenvalue weighted by Gasteiger charge is -2.35. The highest BCUT2D eigenvalue weighted by molar-refractivity contribution is 6.00. The van der Waals surface area contributed by atoms with Crippen molar-refractivity contribution in [2.45, 2.75) is 64.6 Å². The fourth-order valence-electron chi connectivity index (χ4n) is 4.55. The number of nitrogens with one attached hydrogen (secondary N) is 1. The molecular weight excluding hydrogens is 336 g/mol. The van der Waals surface area contributed by atoms with Gasteiger partial charge in [-0.05, 0) is 57.6 Å². The maximum absolute atomic E-state index is 13.1. The zero-order chi connectivity index (χ0) is 17.0. The fourth-order valence-corrected chi connectivity index (χ4v) is 4.55. The van der Waals surface area contributed by atoms with Crippen LogP contribution >= 0.6 is 12.4 Å². The average molecular weight is 363 g/mol. The van der Waals surface area contributed by atoms with E-state index in [-0.39, 0.29) is 18.3 Å². The van der Waals surface area contributed by atoms with Gasteiger partial charge in [0.1, 0.15) is 5.58 Å². The van der Waals surface area contributed by atoms with Crippen LogP contribution in [0.15, 0.2) is 16.5 Å². The quantitative estimate of drug-likeness (QED) is 0.873. The number of fused-ring (bicyclic) bond motifs is 3. The molecule has 2 aliphatic rings. The number of benzene rings is 1. The first-order chi connectivity index (χ1) is 11.5. The van der Waals surface area contributed by atoms with E-state index in [0.717, 1.165) is 34.9 Å². The third-order valence-electron chi connectivity index (χ3n) is 5.99. The smallest absolute Gasteiger partial charge is 0.289 e. The highest BCUT2D eigenvalue weighted by Gasteiger charge is 2.37. The first-order valence-corrected chi connectivity index (χ1v) is 8.98. The van der Waals surface area contributed by atoms with Crippen LogP contribution in [0, 0.1) is 20.8 Å². The van der Waals surface area contributed by atoms with Crippen LogP contribution in [0.1, 0.15) is 52.9 Å². The number of nitrogens with zero attached hydrogens (tertiary/aromatic N) is 1. The molecule has 0 radical (unpaired) electrons. The Kier molecular flexibility index (Phi) is 4.86. The molecule has 2 atom stereocenters. The number of carbonyl (C=O) groups excluding carboxylic acids is 1. The minimum Gasteiger partial charge on any atom is -0.450 e. The molecule has 0 spiro atoms. The van der Waals surface area contributed by atoms with Crippen LogP contribution in [0.5, 0.6) is 0 Å². The first-order valence-electron chi connectivity index (χ1n) is 8.98. The summed E-state index contributed by atoms with van der Waals surface area (Å²) in [5.41, 5.74) is 4.08. The predicted octanol–water partition coefficient (Wildman–Crippen LogP) is 4.13. The molecule has 2 aromatic rings. The van der Waals surface area contributed by atoms with Gasteiger partial charge in [-0.15, -0.1) is 12.4 Å². The maximum Gasteiger partial charge on any atom is 0.289 e. The van der Waals surface area contributed by atoms with Crippen molar-refractivity contribution in [1.29, 1.82) is 0 Å². The van der Waals surface area contributed by atoms with Crippen molar-refractivity contribution >= 4 is 29.3 Å². The van der Waals surface area contributed by atoms with Crippen molar-refractivity contribution in [2.75, 3.05) is 7.05 Å². The Morgan fingerprint density at radius 3 is 2.32 bits per heavy atom. The number of carbonyl (C=O) groups is 1. The molecule has 1 aromatic heterocycles. The molecule has 1 N–H and O–H groups in total. The van der Waals surface area contributed by atoms with Gasteiger partial charge in [0.15, 0.2) is 5.76 Å². The molecule has 2 saturated heterocycles. The Hall–Kier alpha value is -1.52. The number of piperidine rings is 1. The van der Waals surface area contributed by atoms with Gasteiger partial charge in [0.05, 0.1) is 0 Å². The lowest BCUT2D eigenvalue weighted by atomic mass is 9.98. The summed E-state index contributed by atoms with van der Waals surface area (Å²) in [5.74, 6) is 0.532. The van der Waals surface area contributed by atoms with Crippen molar-refractivity contribution in [2.24, 2.45) is 0 Å². The van der Waals surface area contributed by atoms with Crippen LogP contribution in [-0.4, -0.2) is 36.0 Å². The SMILES string of the molecule is Cc1ccc(C)c2c(C)c(C(=O)N(C)C3CC4CCC(C3)N4)oc12.Cl. The molecule has 25 heavy (non-hydrogen) atoms. The highest BCUT2D eigenvalue weighted by Crippen LogP contribution is 2.33.